The number of ether oxygens (including phenoxy) is 2. The maximum absolute atomic E-state index is 12.2. The summed E-state index contributed by atoms with van der Waals surface area (Å²) in [7, 11) is 3.86. The number of hydrogen-bond donors (Lipinski definition) is 0. The second-order valence-electron chi connectivity index (χ2n) is 6.80. The van der Waals surface area contributed by atoms with Gasteiger partial charge in [-0.25, -0.2) is 4.79 Å². The van der Waals surface area contributed by atoms with Gasteiger partial charge in [-0.1, -0.05) is 18.6 Å². The van der Waals surface area contributed by atoms with Crippen molar-refractivity contribution in [3.63, 3.8) is 0 Å². The van der Waals surface area contributed by atoms with Crippen molar-refractivity contribution < 1.29 is 14.3 Å². The van der Waals surface area contributed by atoms with E-state index in [2.05, 4.69) is 24.1 Å². The Morgan fingerprint density at radius 2 is 2.25 bits per heavy atom. The number of benzene rings is 1. The summed E-state index contributed by atoms with van der Waals surface area (Å²) in [6.45, 7) is 3.30. The first kappa shape index (κ1) is 17.0. The first-order chi connectivity index (χ1) is 11.6. The minimum atomic E-state index is -0.220. The lowest BCUT2D eigenvalue weighted by atomic mass is 9.60. The summed E-state index contributed by atoms with van der Waals surface area (Å²) < 4.78 is 10.6. The second-order valence-corrected chi connectivity index (χ2v) is 6.80. The molecule has 1 saturated carbocycles. The van der Waals surface area contributed by atoms with Gasteiger partial charge in [0.25, 0.3) is 0 Å². The second kappa shape index (κ2) is 6.98. The number of fused-ring (bicyclic) bond motifs is 2. The fraction of sp³-hybridized carbons (Fsp3) is 0.550. The Hall–Kier alpha value is -1.81. The molecule has 2 atom stereocenters. The number of carbonyl (C=O) groups is 1. The van der Waals surface area contributed by atoms with Crippen molar-refractivity contribution in [1.29, 1.82) is 0 Å². The Morgan fingerprint density at radius 1 is 1.42 bits per heavy atom. The van der Waals surface area contributed by atoms with Crippen molar-refractivity contribution in [2.24, 2.45) is 0 Å². The van der Waals surface area contributed by atoms with Gasteiger partial charge < -0.3 is 9.47 Å². The fourth-order valence-corrected chi connectivity index (χ4v) is 4.39. The van der Waals surface area contributed by atoms with Crippen molar-refractivity contribution in [1.82, 2.24) is 4.90 Å². The fourth-order valence-electron chi connectivity index (χ4n) is 4.39. The zero-order valence-corrected chi connectivity index (χ0v) is 14.9. The molecule has 2 unspecified atom stereocenters. The van der Waals surface area contributed by atoms with Crippen molar-refractivity contribution in [3.05, 3.63) is 41.5 Å². The van der Waals surface area contributed by atoms with E-state index in [9.17, 15) is 4.79 Å². The van der Waals surface area contributed by atoms with Gasteiger partial charge in [0.05, 0.1) is 13.7 Å². The van der Waals surface area contributed by atoms with Gasteiger partial charge in [0.15, 0.2) is 0 Å². The summed E-state index contributed by atoms with van der Waals surface area (Å²) in [6, 6.07) is 8.65. The first-order valence-electron chi connectivity index (χ1n) is 8.84. The summed E-state index contributed by atoms with van der Waals surface area (Å²) in [5.41, 5.74) is 2.40. The van der Waals surface area contributed by atoms with Crippen LogP contribution < -0.4 is 4.74 Å². The maximum Gasteiger partial charge on any atom is 0.330 e. The van der Waals surface area contributed by atoms with E-state index in [1.807, 2.05) is 19.1 Å². The molecular formula is C20H27NO3. The van der Waals surface area contributed by atoms with Crippen LogP contribution in [0.4, 0.5) is 0 Å². The summed E-state index contributed by atoms with van der Waals surface area (Å²) in [5.74, 6) is 0.653. The highest BCUT2D eigenvalue weighted by atomic mass is 16.5. The summed E-state index contributed by atoms with van der Waals surface area (Å²) >= 11 is 0. The van der Waals surface area contributed by atoms with Crippen LogP contribution in [0, 0.1) is 0 Å². The monoisotopic (exact) mass is 329 g/mol. The predicted octanol–water partition coefficient (Wildman–Crippen LogP) is 3.31. The lowest BCUT2D eigenvalue weighted by molar-refractivity contribution is -0.137. The zero-order valence-electron chi connectivity index (χ0n) is 14.9. The van der Waals surface area contributed by atoms with Gasteiger partial charge in [-0.05, 0) is 63.0 Å². The Balaban J connectivity index is 2.08. The van der Waals surface area contributed by atoms with Gasteiger partial charge in [-0.3, -0.25) is 4.90 Å². The molecule has 0 radical (unpaired) electrons. The predicted molar refractivity (Wildman–Crippen MR) is 94.3 cm³/mol. The minimum Gasteiger partial charge on any atom is -0.497 e. The zero-order chi connectivity index (χ0) is 17.2. The number of nitrogens with zero attached hydrogens (tertiary/aromatic N) is 1. The molecule has 3 rings (SSSR count). The maximum atomic E-state index is 12.2. The molecule has 0 N–H and O–H groups in total. The van der Waals surface area contributed by atoms with Crippen LogP contribution in [0.1, 0.15) is 38.2 Å². The molecular weight excluding hydrogens is 302 g/mol. The quantitative estimate of drug-likeness (QED) is 0.627. The van der Waals surface area contributed by atoms with Crippen LogP contribution in [0.15, 0.2) is 35.9 Å². The van der Waals surface area contributed by atoms with Crippen LogP contribution in [-0.4, -0.2) is 44.2 Å². The van der Waals surface area contributed by atoms with Crippen molar-refractivity contribution >= 4 is 5.97 Å². The number of esters is 1. The Morgan fingerprint density at radius 3 is 3.00 bits per heavy atom. The molecule has 24 heavy (non-hydrogen) atoms. The third-order valence-corrected chi connectivity index (χ3v) is 5.60. The number of piperidine rings is 1. The van der Waals surface area contributed by atoms with Gasteiger partial charge in [0.2, 0.25) is 0 Å². The van der Waals surface area contributed by atoms with Crippen LogP contribution in [0.5, 0.6) is 5.75 Å². The largest absolute Gasteiger partial charge is 0.497 e. The lowest BCUT2D eigenvalue weighted by Gasteiger charge is -2.52. The van der Waals surface area contributed by atoms with Crippen molar-refractivity contribution in [3.8, 4) is 5.75 Å². The van der Waals surface area contributed by atoms with Crippen LogP contribution in [0.25, 0.3) is 0 Å². The molecule has 1 heterocycles. The molecule has 0 spiro atoms. The van der Waals surface area contributed by atoms with Gasteiger partial charge in [0.1, 0.15) is 5.75 Å². The van der Waals surface area contributed by atoms with E-state index < -0.39 is 0 Å². The molecule has 0 amide bonds. The standard InChI is InChI=1S/C20H27NO3/c1-4-24-19(22)14-17-18-9-6-10-20(17,11-12-21(18)2)15-7-5-8-16(13-15)23-3/h5,7-8,13-14,18H,4,6,9-12H2,1-3H3/b17-14+. The number of likely N-dealkylation sites (N-methyl/N-ethyl adjacent to an activating group) is 1. The summed E-state index contributed by atoms with van der Waals surface area (Å²) in [6.07, 6.45) is 6.15. The van der Waals surface area contributed by atoms with E-state index in [1.165, 1.54) is 17.6 Å². The molecule has 1 aliphatic carbocycles. The van der Waals surface area contributed by atoms with Crippen LogP contribution in [0.2, 0.25) is 0 Å². The molecule has 1 saturated heterocycles. The SMILES string of the molecule is CCOC(=O)/C=C1\C2CCCC1(c1cccc(OC)c1)CCN2C. The van der Waals surface area contributed by atoms with E-state index >= 15 is 0 Å². The van der Waals surface area contributed by atoms with Crippen LogP contribution in [-0.2, 0) is 14.9 Å². The number of likely N-dealkylation sites (tertiary alicyclic amines) is 1. The number of carbonyl (C=O) groups excluding carboxylic acids is 1. The normalized spacial score (nSPS) is 28.6. The molecule has 4 heteroatoms. The topological polar surface area (TPSA) is 38.8 Å². The van der Waals surface area contributed by atoms with E-state index in [0.717, 1.165) is 31.6 Å². The molecule has 4 nitrogen and oxygen atoms in total. The van der Waals surface area contributed by atoms with E-state index in [1.54, 1.807) is 13.2 Å². The Bertz CT molecular complexity index is 640. The highest BCUT2D eigenvalue weighted by molar-refractivity contribution is 5.84. The first-order valence-corrected chi connectivity index (χ1v) is 8.84. The van der Waals surface area contributed by atoms with Crippen LogP contribution >= 0.6 is 0 Å². The van der Waals surface area contributed by atoms with E-state index in [-0.39, 0.29) is 11.4 Å². The van der Waals surface area contributed by atoms with Gasteiger partial charge in [0, 0.05) is 17.5 Å². The smallest absolute Gasteiger partial charge is 0.330 e. The average Bonchev–Trinajstić information content (AvgIpc) is 2.59. The van der Waals surface area contributed by atoms with Crippen molar-refractivity contribution in [2.75, 3.05) is 27.3 Å². The molecule has 2 bridgehead atoms. The molecule has 2 fully saturated rings. The number of hydrogen-bond acceptors (Lipinski definition) is 4. The number of methoxy groups -OCH3 is 1. The van der Waals surface area contributed by atoms with Gasteiger partial charge >= 0.3 is 5.97 Å². The van der Waals surface area contributed by atoms with Gasteiger partial charge in [-0.2, -0.15) is 0 Å². The third-order valence-electron chi connectivity index (χ3n) is 5.60. The van der Waals surface area contributed by atoms with E-state index in [4.69, 9.17) is 9.47 Å². The molecule has 1 aromatic carbocycles. The molecule has 1 aromatic rings. The van der Waals surface area contributed by atoms with Gasteiger partial charge in [-0.15, -0.1) is 0 Å². The highest BCUT2D eigenvalue weighted by Crippen LogP contribution is 2.50. The Labute approximate surface area is 144 Å². The average molecular weight is 329 g/mol. The van der Waals surface area contributed by atoms with E-state index in [0.29, 0.717) is 12.6 Å². The molecule has 2 aliphatic rings. The third kappa shape index (κ3) is 2.95. The highest BCUT2D eigenvalue weighted by Gasteiger charge is 2.47. The van der Waals surface area contributed by atoms with Crippen molar-refractivity contribution in [2.45, 2.75) is 44.1 Å². The van der Waals surface area contributed by atoms with Crippen LogP contribution in [0.3, 0.4) is 0 Å². The molecule has 0 aromatic heterocycles. The molecule has 1 aliphatic heterocycles. The number of rotatable bonds is 4. The summed E-state index contributed by atoms with van der Waals surface area (Å²) in [5, 5.41) is 0. The summed E-state index contributed by atoms with van der Waals surface area (Å²) in [4.78, 5) is 14.6. The lowest BCUT2D eigenvalue weighted by Crippen LogP contribution is -2.52. The molecule has 130 valence electrons. The minimum absolute atomic E-state index is 0.0727. The Kier molecular flexibility index (Phi) is 4.95.